The minimum absolute atomic E-state index is 0.408. The van der Waals surface area contributed by atoms with Crippen LogP contribution in [0, 0.1) is 13.8 Å². The molecule has 0 heterocycles. The molecule has 1 unspecified atom stereocenters. The Bertz CT molecular complexity index is 374. The molecule has 0 amide bonds. The second-order valence-electron chi connectivity index (χ2n) is 4.23. The van der Waals surface area contributed by atoms with E-state index >= 15 is 0 Å². The maximum absolute atomic E-state index is 5.26. The number of rotatable bonds is 3. The van der Waals surface area contributed by atoms with Crippen molar-refractivity contribution in [1.82, 2.24) is 5.32 Å². The van der Waals surface area contributed by atoms with Crippen molar-refractivity contribution < 1.29 is 0 Å². The van der Waals surface area contributed by atoms with Gasteiger partial charge in [-0.2, -0.15) is 0 Å². The fraction of sp³-hybridized carbons (Fsp3) is 0.462. The Morgan fingerprint density at radius 1 is 1.38 bits per heavy atom. The molecule has 0 aromatic heterocycles. The van der Waals surface area contributed by atoms with Gasteiger partial charge in [0.1, 0.15) is 0 Å². The van der Waals surface area contributed by atoms with E-state index in [4.69, 9.17) is 12.2 Å². The van der Waals surface area contributed by atoms with Crippen molar-refractivity contribution in [2.75, 3.05) is 5.32 Å². The van der Waals surface area contributed by atoms with E-state index in [0.29, 0.717) is 11.2 Å². The predicted octanol–water partition coefficient (Wildman–Crippen LogP) is 3.39. The zero-order valence-corrected chi connectivity index (χ0v) is 11.2. The van der Waals surface area contributed by atoms with Gasteiger partial charge in [-0.15, -0.1) is 0 Å². The van der Waals surface area contributed by atoms with E-state index in [9.17, 15) is 0 Å². The number of thiocarbonyl (C=S) groups is 1. The van der Waals surface area contributed by atoms with Crippen molar-refractivity contribution in [2.24, 2.45) is 0 Å². The van der Waals surface area contributed by atoms with Crippen LogP contribution in [0.1, 0.15) is 31.4 Å². The zero-order valence-electron chi connectivity index (χ0n) is 10.4. The molecule has 0 spiro atoms. The summed E-state index contributed by atoms with van der Waals surface area (Å²) in [6, 6.07) is 6.72. The van der Waals surface area contributed by atoms with E-state index in [-0.39, 0.29) is 0 Å². The number of hydrogen-bond acceptors (Lipinski definition) is 1. The first kappa shape index (κ1) is 13.0. The van der Waals surface area contributed by atoms with Gasteiger partial charge < -0.3 is 10.6 Å². The van der Waals surface area contributed by atoms with Gasteiger partial charge in [-0.1, -0.05) is 19.1 Å². The molecule has 0 aliphatic heterocycles. The van der Waals surface area contributed by atoms with Crippen molar-refractivity contribution in [1.29, 1.82) is 0 Å². The molecule has 88 valence electrons. The van der Waals surface area contributed by atoms with Gasteiger partial charge in [-0.05, 0) is 56.6 Å². The van der Waals surface area contributed by atoms with Crippen LogP contribution in [0.5, 0.6) is 0 Å². The molecule has 0 aliphatic carbocycles. The number of aryl methyl sites for hydroxylation is 2. The standard InChI is InChI=1S/C13H20N2S/c1-5-11(4)14-13(16)15-12-8-9(2)6-7-10(12)3/h6-8,11H,5H2,1-4H3,(H2,14,15,16). The topological polar surface area (TPSA) is 24.1 Å². The molecule has 2 nitrogen and oxygen atoms in total. The Kier molecular flexibility index (Phi) is 4.74. The van der Waals surface area contributed by atoms with Crippen LogP contribution in [-0.4, -0.2) is 11.2 Å². The fourth-order valence-corrected chi connectivity index (χ4v) is 1.67. The Balaban J connectivity index is 2.65. The molecular weight excluding hydrogens is 216 g/mol. The molecule has 16 heavy (non-hydrogen) atoms. The van der Waals surface area contributed by atoms with E-state index in [1.54, 1.807) is 0 Å². The summed E-state index contributed by atoms with van der Waals surface area (Å²) >= 11 is 5.26. The van der Waals surface area contributed by atoms with Crippen molar-refractivity contribution in [3.05, 3.63) is 29.3 Å². The third-order valence-corrected chi connectivity index (χ3v) is 2.85. The lowest BCUT2D eigenvalue weighted by Gasteiger charge is -2.16. The lowest BCUT2D eigenvalue weighted by molar-refractivity contribution is 0.646. The summed E-state index contributed by atoms with van der Waals surface area (Å²) in [6.45, 7) is 8.42. The highest BCUT2D eigenvalue weighted by atomic mass is 32.1. The summed E-state index contributed by atoms with van der Waals surface area (Å²) in [4.78, 5) is 0. The van der Waals surface area contributed by atoms with Crippen LogP contribution in [0.2, 0.25) is 0 Å². The fourth-order valence-electron chi connectivity index (χ4n) is 1.35. The molecule has 2 N–H and O–H groups in total. The average molecular weight is 236 g/mol. The first-order chi connectivity index (χ1) is 7.52. The molecule has 0 saturated carbocycles. The molecule has 1 aromatic rings. The summed E-state index contributed by atoms with van der Waals surface area (Å²) in [5.74, 6) is 0. The van der Waals surface area contributed by atoms with Crippen LogP contribution in [0.4, 0.5) is 5.69 Å². The first-order valence-electron chi connectivity index (χ1n) is 5.67. The molecule has 0 fully saturated rings. The normalized spacial score (nSPS) is 12.0. The average Bonchev–Trinajstić information content (AvgIpc) is 2.23. The summed E-state index contributed by atoms with van der Waals surface area (Å²) in [5, 5.41) is 7.18. The summed E-state index contributed by atoms with van der Waals surface area (Å²) in [5.41, 5.74) is 3.53. The van der Waals surface area contributed by atoms with Crippen molar-refractivity contribution >= 4 is 23.0 Å². The summed E-state index contributed by atoms with van der Waals surface area (Å²) < 4.78 is 0. The SMILES string of the molecule is CCC(C)NC(=S)Nc1cc(C)ccc1C. The van der Waals surface area contributed by atoms with Gasteiger partial charge in [0.25, 0.3) is 0 Å². The second kappa shape index (κ2) is 5.85. The third kappa shape index (κ3) is 3.81. The molecule has 0 saturated heterocycles. The monoisotopic (exact) mass is 236 g/mol. The smallest absolute Gasteiger partial charge is 0.170 e. The summed E-state index contributed by atoms with van der Waals surface area (Å²) in [7, 11) is 0. The maximum Gasteiger partial charge on any atom is 0.170 e. The highest BCUT2D eigenvalue weighted by molar-refractivity contribution is 7.80. The Hall–Kier alpha value is -1.09. The quantitative estimate of drug-likeness (QED) is 0.787. The van der Waals surface area contributed by atoms with Crippen LogP contribution in [0.15, 0.2) is 18.2 Å². The molecule has 1 atom stereocenters. The maximum atomic E-state index is 5.26. The molecule has 1 aromatic carbocycles. The van der Waals surface area contributed by atoms with Crippen LogP contribution in [0.3, 0.4) is 0 Å². The van der Waals surface area contributed by atoms with Crippen molar-refractivity contribution in [3.63, 3.8) is 0 Å². The molecule has 0 aliphatic rings. The van der Waals surface area contributed by atoms with Gasteiger partial charge in [0.15, 0.2) is 5.11 Å². The molecule has 3 heteroatoms. The highest BCUT2D eigenvalue weighted by Gasteiger charge is 2.03. The van der Waals surface area contributed by atoms with Gasteiger partial charge in [0.2, 0.25) is 0 Å². The largest absolute Gasteiger partial charge is 0.360 e. The Morgan fingerprint density at radius 2 is 2.06 bits per heavy atom. The van der Waals surface area contributed by atoms with Crippen LogP contribution >= 0.6 is 12.2 Å². The van der Waals surface area contributed by atoms with Gasteiger partial charge in [0, 0.05) is 11.7 Å². The number of nitrogens with one attached hydrogen (secondary N) is 2. The van der Waals surface area contributed by atoms with Gasteiger partial charge >= 0.3 is 0 Å². The van der Waals surface area contributed by atoms with Gasteiger partial charge in [0.05, 0.1) is 0 Å². The molecule has 0 radical (unpaired) electrons. The number of benzene rings is 1. The van der Waals surface area contributed by atoms with Crippen molar-refractivity contribution in [3.8, 4) is 0 Å². The first-order valence-corrected chi connectivity index (χ1v) is 6.08. The second-order valence-corrected chi connectivity index (χ2v) is 4.63. The van der Waals surface area contributed by atoms with E-state index in [0.717, 1.165) is 12.1 Å². The molecule has 1 rings (SSSR count). The minimum atomic E-state index is 0.408. The summed E-state index contributed by atoms with van der Waals surface area (Å²) in [6.07, 6.45) is 1.06. The number of hydrogen-bond donors (Lipinski definition) is 2. The Labute approximate surface area is 103 Å². The predicted molar refractivity (Wildman–Crippen MR) is 75.0 cm³/mol. The van der Waals surface area contributed by atoms with Crippen LogP contribution < -0.4 is 10.6 Å². The lowest BCUT2D eigenvalue weighted by Crippen LogP contribution is -2.35. The van der Waals surface area contributed by atoms with E-state index < -0.39 is 0 Å². The van der Waals surface area contributed by atoms with E-state index in [1.165, 1.54) is 11.1 Å². The van der Waals surface area contributed by atoms with Crippen molar-refractivity contribution in [2.45, 2.75) is 40.2 Å². The van der Waals surface area contributed by atoms with Gasteiger partial charge in [-0.3, -0.25) is 0 Å². The highest BCUT2D eigenvalue weighted by Crippen LogP contribution is 2.16. The molecular formula is C13H20N2S. The van der Waals surface area contributed by atoms with Gasteiger partial charge in [-0.25, -0.2) is 0 Å². The third-order valence-electron chi connectivity index (χ3n) is 2.63. The lowest BCUT2D eigenvalue weighted by atomic mass is 10.1. The zero-order chi connectivity index (χ0) is 12.1. The van der Waals surface area contributed by atoms with Crippen LogP contribution in [-0.2, 0) is 0 Å². The van der Waals surface area contributed by atoms with Crippen LogP contribution in [0.25, 0.3) is 0 Å². The number of anilines is 1. The Morgan fingerprint density at radius 3 is 2.69 bits per heavy atom. The van der Waals surface area contributed by atoms with E-state index in [2.05, 4.69) is 56.5 Å². The molecule has 0 bridgehead atoms. The minimum Gasteiger partial charge on any atom is -0.360 e. The van der Waals surface area contributed by atoms with E-state index in [1.807, 2.05) is 0 Å².